The first kappa shape index (κ1) is 12.8. The minimum Gasteiger partial charge on any atom is -0.465 e. The molecule has 0 bridgehead atoms. The lowest BCUT2D eigenvalue weighted by Crippen LogP contribution is -2.38. The van der Waals surface area contributed by atoms with Crippen LogP contribution in [0.1, 0.15) is 40.0 Å². The van der Waals surface area contributed by atoms with Crippen molar-refractivity contribution < 1.29 is 19.1 Å². The molecule has 16 heavy (non-hydrogen) atoms. The Morgan fingerprint density at radius 3 is 2.62 bits per heavy atom. The van der Waals surface area contributed by atoms with E-state index in [-0.39, 0.29) is 12.1 Å². The minimum atomic E-state index is -0.485. The lowest BCUT2D eigenvalue weighted by molar-refractivity contribution is -0.133. The van der Waals surface area contributed by atoms with Crippen LogP contribution in [0.4, 0.5) is 4.79 Å². The van der Waals surface area contributed by atoms with Gasteiger partial charge in [-0.3, -0.25) is 4.79 Å². The monoisotopic (exact) mass is 229 g/mol. The number of carbonyl (C=O) groups is 2. The van der Waals surface area contributed by atoms with Crippen LogP contribution in [0.3, 0.4) is 0 Å². The molecule has 5 heteroatoms. The molecule has 5 nitrogen and oxygen atoms in total. The van der Waals surface area contributed by atoms with Gasteiger partial charge in [0.15, 0.2) is 0 Å². The number of carbonyl (C=O) groups excluding carboxylic acids is 2. The molecule has 0 aromatic carbocycles. The van der Waals surface area contributed by atoms with Gasteiger partial charge >= 0.3 is 6.09 Å². The number of hydrogen-bond donors (Lipinski definition) is 1. The third kappa shape index (κ3) is 4.51. The van der Waals surface area contributed by atoms with Crippen molar-refractivity contribution in [3.63, 3.8) is 0 Å². The highest BCUT2D eigenvalue weighted by Gasteiger charge is 2.28. The van der Waals surface area contributed by atoms with Gasteiger partial charge in [0.25, 0.3) is 6.47 Å². The van der Waals surface area contributed by atoms with Crippen molar-refractivity contribution in [2.75, 3.05) is 0 Å². The van der Waals surface area contributed by atoms with E-state index in [4.69, 9.17) is 9.47 Å². The van der Waals surface area contributed by atoms with Crippen LogP contribution in [0.2, 0.25) is 0 Å². The Balaban J connectivity index is 2.28. The van der Waals surface area contributed by atoms with Gasteiger partial charge in [0.05, 0.1) is 0 Å². The molecule has 0 aliphatic heterocycles. The standard InChI is InChI=1S/C11H19NO4/c1-11(2,3)16-10(14)12-8-4-5-9(6-8)15-7-13/h7-9H,4-6H2,1-3H3,(H,12,14). The molecule has 0 radical (unpaired) electrons. The van der Waals surface area contributed by atoms with E-state index in [2.05, 4.69) is 5.32 Å². The lowest BCUT2D eigenvalue weighted by atomic mass is 10.2. The summed E-state index contributed by atoms with van der Waals surface area (Å²) in [4.78, 5) is 21.6. The van der Waals surface area contributed by atoms with Gasteiger partial charge in [0, 0.05) is 12.5 Å². The Morgan fingerprint density at radius 2 is 2.06 bits per heavy atom. The van der Waals surface area contributed by atoms with E-state index in [1.807, 2.05) is 20.8 Å². The van der Waals surface area contributed by atoms with Gasteiger partial charge in [0.1, 0.15) is 11.7 Å². The minimum absolute atomic E-state index is 0.0415. The molecule has 1 aliphatic carbocycles. The molecule has 2 unspecified atom stereocenters. The van der Waals surface area contributed by atoms with Gasteiger partial charge in [-0.25, -0.2) is 4.79 Å². The van der Waals surface area contributed by atoms with Crippen LogP contribution in [0, 0.1) is 0 Å². The summed E-state index contributed by atoms with van der Waals surface area (Å²) in [5, 5.41) is 2.77. The molecule has 0 aromatic rings. The van der Waals surface area contributed by atoms with Crippen LogP contribution in [0.5, 0.6) is 0 Å². The smallest absolute Gasteiger partial charge is 0.407 e. The predicted molar refractivity (Wildman–Crippen MR) is 57.9 cm³/mol. The molecule has 0 aromatic heterocycles. The van der Waals surface area contributed by atoms with Gasteiger partial charge in [-0.1, -0.05) is 0 Å². The van der Waals surface area contributed by atoms with Gasteiger partial charge in [-0.2, -0.15) is 0 Å². The Bertz CT molecular complexity index is 259. The summed E-state index contributed by atoms with van der Waals surface area (Å²) in [5.74, 6) is 0. The maximum atomic E-state index is 11.4. The topological polar surface area (TPSA) is 64.6 Å². The molecule has 1 fully saturated rings. The van der Waals surface area contributed by atoms with Crippen LogP contribution in [0.25, 0.3) is 0 Å². The van der Waals surface area contributed by atoms with E-state index in [0.29, 0.717) is 12.9 Å². The van der Waals surface area contributed by atoms with Crippen LogP contribution in [0.15, 0.2) is 0 Å². The van der Waals surface area contributed by atoms with Crippen molar-refractivity contribution >= 4 is 12.6 Å². The summed E-state index contributed by atoms with van der Waals surface area (Å²) < 4.78 is 9.98. The second-order valence-corrected chi connectivity index (χ2v) is 5.01. The Hall–Kier alpha value is -1.26. The highest BCUT2D eigenvalue weighted by Crippen LogP contribution is 2.21. The number of nitrogens with one attached hydrogen (secondary N) is 1. The van der Waals surface area contributed by atoms with Crippen molar-refractivity contribution in [3.05, 3.63) is 0 Å². The number of rotatable bonds is 3. The van der Waals surface area contributed by atoms with Crippen molar-refractivity contribution in [2.24, 2.45) is 0 Å². The number of ether oxygens (including phenoxy) is 2. The van der Waals surface area contributed by atoms with Crippen molar-refractivity contribution in [1.29, 1.82) is 0 Å². The van der Waals surface area contributed by atoms with Gasteiger partial charge in [0.2, 0.25) is 0 Å². The van der Waals surface area contributed by atoms with E-state index in [0.717, 1.165) is 12.8 Å². The van der Waals surface area contributed by atoms with E-state index >= 15 is 0 Å². The fourth-order valence-corrected chi connectivity index (χ4v) is 1.75. The zero-order valence-corrected chi connectivity index (χ0v) is 9.99. The zero-order valence-electron chi connectivity index (χ0n) is 9.99. The SMILES string of the molecule is CC(C)(C)OC(=O)NC1CCC(OC=O)C1. The average molecular weight is 229 g/mol. The van der Waals surface area contributed by atoms with E-state index in [1.165, 1.54) is 0 Å². The van der Waals surface area contributed by atoms with Crippen LogP contribution in [-0.4, -0.2) is 30.3 Å². The predicted octanol–water partition coefficient (Wildman–Crippen LogP) is 1.61. The maximum absolute atomic E-state index is 11.4. The third-order valence-electron chi connectivity index (χ3n) is 2.35. The first-order chi connectivity index (χ1) is 7.40. The summed E-state index contributed by atoms with van der Waals surface area (Å²) >= 11 is 0. The lowest BCUT2D eigenvalue weighted by Gasteiger charge is -2.21. The fraction of sp³-hybridized carbons (Fsp3) is 0.818. The van der Waals surface area contributed by atoms with Crippen molar-refractivity contribution in [2.45, 2.75) is 57.8 Å². The first-order valence-electron chi connectivity index (χ1n) is 5.49. The second kappa shape index (κ2) is 5.18. The summed E-state index contributed by atoms with van der Waals surface area (Å²) in [6, 6.07) is 0.0415. The van der Waals surface area contributed by atoms with Gasteiger partial charge < -0.3 is 14.8 Å². The largest absolute Gasteiger partial charge is 0.465 e. The molecule has 92 valence electrons. The first-order valence-corrected chi connectivity index (χ1v) is 5.49. The molecule has 0 spiro atoms. The van der Waals surface area contributed by atoms with Crippen LogP contribution >= 0.6 is 0 Å². The average Bonchev–Trinajstić information content (AvgIpc) is 2.49. The molecule has 2 atom stereocenters. The summed E-state index contributed by atoms with van der Waals surface area (Å²) in [7, 11) is 0. The molecule has 1 saturated carbocycles. The molecule has 1 aliphatic rings. The molecule has 0 saturated heterocycles. The van der Waals surface area contributed by atoms with Crippen LogP contribution in [-0.2, 0) is 14.3 Å². The Kier molecular flexibility index (Phi) is 4.15. The molecule has 1 amide bonds. The van der Waals surface area contributed by atoms with E-state index < -0.39 is 11.7 Å². The van der Waals surface area contributed by atoms with Gasteiger partial charge in [-0.05, 0) is 33.6 Å². The fourth-order valence-electron chi connectivity index (χ4n) is 1.75. The third-order valence-corrected chi connectivity index (χ3v) is 2.35. The molecule has 1 rings (SSSR count). The molecule has 0 heterocycles. The quantitative estimate of drug-likeness (QED) is 0.747. The number of amides is 1. The van der Waals surface area contributed by atoms with Crippen molar-refractivity contribution in [1.82, 2.24) is 5.32 Å². The highest BCUT2D eigenvalue weighted by atomic mass is 16.6. The molecular formula is C11H19NO4. The number of hydrogen-bond acceptors (Lipinski definition) is 4. The highest BCUT2D eigenvalue weighted by molar-refractivity contribution is 5.68. The maximum Gasteiger partial charge on any atom is 0.407 e. The summed E-state index contributed by atoms with van der Waals surface area (Å²) in [6.07, 6.45) is 1.79. The van der Waals surface area contributed by atoms with Crippen molar-refractivity contribution in [3.8, 4) is 0 Å². The Morgan fingerprint density at radius 1 is 1.38 bits per heavy atom. The van der Waals surface area contributed by atoms with Crippen LogP contribution < -0.4 is 5.32 Å². The number of alkyl carbamates (subject to hydrolysis) is 1. The van der Waals surface area contributed by atoms with E-state index in [1.54, 1.807) is 0 Å². The zero-order chi connectivity index (χ0) is 12.2. The molecule has 1 N–H and O–H groups in total. The van der Waals surface area contributed by atoms with E-state index in [9.17, 15) is 9.59 Å². The normalized spacial score (nSPS) is 24.9. The Labute approximate surface area is 95.5 Å². The summed E-state index contributed by atoms with van der Waals surface area (Å²) in [6.45, 7) is 5.92. The summed E-state index contributed by atoms with van der Waals surface area (Å²) in [5.41, 5.74) is -0.485. The van der Waals surface area contributed by atoms with Gasteiger partial charge in [-0.15, -0.1) is 0 Å². The molecular weight excluding hydrogens is 210 g/mol. The second-order valence-electron chi connectivity index (χ2n) is 5.01.